The molecule has 0 radical (unpaired) electrons. The van der Waals surface area contributed by atoms with Crippen LogP contribution < -0.4 is 4.74 Å². The molecule has 29 heavy (non-hydrogen) atoms. The van der Waals surface area contributed by atoms with Gasteiger partial charge in [0.15, 0.2) is 0 Å². The number of hydrogen-bond donors (Lipinski definition) is 0. The maximum Gasteiger partial charge on any atom is 0.344 e. The van der Waals surface area contributed by atoms with Gasteiger partial charge in [0.2, 0.25) is 0 Å². The number of amides is 1. The van der Waals surface area contributed by atoms with Crippen LogP contribution in [-0.2, 0) is 6.54 Å². The molecule has 0 N–H and O–H groups in total. The summed E-state index contributed by atoms with van der Waals surface area (Å²) in [6.07, 6.45) is 2.81. The minimum atomic E-state index is -0.266. The molecule has 0 aliphatic heterocycles. The first kappa shape index (κ1) is 20.1. The van der Waals surface area contributed by atoms with E-state index in [-0.39, 0.29) is 6.03 Å². The van der Waals surface area contributed by atoms with Gasteiger partial charge in [-0.05, 0) is 36.9 Å². The Morgan fingerprint density at radius 1 is 1.10 bits per heavy atom. The fraction of sp³-hybridized carbons (Fsp3) is 0.227. The quantitative estimate of drug-likeness (QED) is 0.617. The van der Waals surface area contributed by atoms with Crippen molar-refractivity contribution in [2.75, 3.05) is 27.2 Å². The van der Waals surface area contributed by atoms with Crippen LogP contribution in [0, 0.1) is 11.3 Å². The molecule has 3 aromatic rings. The Labute approximate surface area is 170 Å². The number of likely N-dealkylation sites (N-methyl/N-ethyl adjacent to an activating group) is 2. The lowest BCUT2D eigenvalue weighted by Crippen LogP contribution is -2.37. The molecule has 2 aromatic carbocycles. The van der Waals surface area contributed by atoms with Crippen LogP contribution in [0.4, 0.5) is 4.79 Å². The van der Waals surface area contributed by atoms with Gasteiger partial charge in [-0.3, -0.25) is 0 Å². The lowest BCUT2D eigenvalue weighted by molar-refractivity contribution is 0.198. The van der Waals surface area contributed by atoms with Gasteiger partial charge in [0, 0.05) is 26.7 Å². The van der Waals surface area contributed by atoms with E-state index < -0.39 is 0 Å². The molecule has 0 unspecified atom stereocenters. The van der Waals surface area contributed by atoms with E-state index in [1.54, 1.807) is 11.9 Å². The van der Waals surface area contributed by atoms with Gasteiger partial charge in [0.05, 0.1) is 18.0 Å². The highest BCUT2D eigenvalue weighted by molar-refractivity contribution is 5.75. The minimum absolute atomic E-state index is 0.266. The molecule has 148 valence electrons. The number of nitriles is 1. The van der Waals surface area contributed by atoms with Crippen LogP contribution in [0.1, 0.15) is 11.1 Å². The van der Waals surface area contributed by atoms with Crippen LogP contribution >= 0.6 is 0 Å². The highest BCUT2D eigenvalue weighted by Crippen LogP contribution is 2.22. The number of benzene rings is 2. The van der Waals surface area contributed by atoms with E-state index in [2.05, 4.69) is 16.1 Å². The molecule has 3 rings (SSSR count). The van der Waals surface area contributed by atoms with E-state index in [0.717, 1.165) is 23.6 Å². The van der Waals surface area contributed by atoms with Crippen molar-refractivity contribution in [1.29, 1.82) is 5.26 Å². The molecular weight excluding hydrogens is 366 g/mol. The Kier molecular flexibility index (Phi) is 6.61. The lowest BCUT2D eigenvalue weighted by atomic mass is 10.2. The molecule has 7 nitrogen and oxygen atoms in total. The number of carbonyl (C=O) groups excluding carboxylic acids is 1. The number of hydrogen-bond acceptors (Lipinski definition) is 5. The van der Waals surface area contributed by atoms with Crippen molar-refractivity contribution in [3.05, 3.63) is 78.1 Å². The van der Waals surface area contributed by atoms with E-state index in [1.165, 1.54) is 17.1 Å². The molecule has 0 saturated carbocycles. The molecule has 7 heteroatoms. The summed E-state index contributed by atoms with van der Waals surface area (Å²) in [5, 5.41) is 12.8. The van der Waals surface area contributed by atoms with Gasteiger partial charge in [-0.15, -0.1) is 0 Å². The lowest BCUT2D eigenvalue weighted by Gasteiger charge is -2.22. The number of ether oxygens (including phenoxy) is 1. The average molecular weight is 389 g/mol. The molecular formula is C22H23N5O2. The Morgan fingerprint density at radius 2 is 1.86 bits per heavy atom. The van der Waals surface area contributed by atoms with Gasteiger partial charge in [-0.1, -0.05) is 30.3 Å². The monoisotopic (exact) mass is 389 g/mol. The summed E-state index contributed by atoms with van der Waals surface area (Å²) in [5.74, 6) is 1.60. The van der Waals surface area contributed by atoms with Crippen LogP contribution in [0.15, 0.2) is 67.0 Å². The summed E-state index contributed by atoms with van der Waals surface area (Å²) >= 11 is 0. The van der Waals surface area contributed by atoms with E-state index in [1.807, 2.05) is 61.6 Å². The van der Waals surface area contributed by atoms with Crippen LogP contribution in [0.2, 0.25) is 0 Å². The fourth-order valence-corrected chi connectivity index (χ4v) is 2.80. The van der Waals surface area contributed by atoms with Crippen LogP contribution in [0.25, 0.3) is 0 Å². The molecule has 1 aromatic heterocycles. The van der Waals surface area contributed by atoms with Crippen molar-refractivity contribution in [2.24, 2.45) is 0 Å². The molecule has 0 fully saturated rings. The number of aromatic nitrogens is 2. The highest BCUT2D eigenvalue weighted by Gasteiger charge is 2.13. The van der Waals surface area contributed by atoms with Crippen molar-refractivity contribution in [2.45, 2.75) is 6.54 Å². The molecule has 0 aliphatic rings. The van der Waals surface area contributed by atoms with Gasteiger partial charge >= 0.3 is 6.03 Å². The second kappa shape index (κ2) is 9.53. The van der Waals surface area contributed by atoms with Crippen molar-refractivity contribution in [3.63, 3.8) is 0 Å². The van der Waals surface area contributed by atoms with E-state index in [4.69, 9.17) is 10.00 Å². The zero-order valence-electron chi connectivity index (χ0n) is 16.5. The second-order valence-electron chi connectivity index (χ2n) is 6.79. The van der Waals surface area contributed by atoms with E-state index in [0.29, 0.717) is 18.7 Å². The fourth-order valence-electron chi connectivity index (χ4n) is 2.80. The van der Waals surface area contributed by atoms with Crippen molar-refractivity contribution in [1.82, 2.24) is 19.6 Å². The maximum atomic E-state index is 12.3. The molecule has 1 amide bonds. The van der Waals surface area contributed by atoms with Gasteiger partial charge in [0.1, 0.15) is 17.6 Å². The minimum Gasteiger partial charge on any atom is -0.457 e. The normalized spacial score (nSPS) is 10.6. The van der Waals surface area contributed by atoms with Gasteiger partial charge < -0.3 is 14.5 Å². The number of nitrogens with zero attached hydrogens (tertiary/aromatic N) is 5. The molecule has 1 heterocycles. The average Bonchev–Trinajstić information content (AvgIpc) is 3.22. The zero-order valence-corrected chi connectivity index (χ0v) is 16.5. The summed E-state index contributed by atoms with van der Waals surface area (Å²) < 4.78 is 7.07. The maximum absolute atomic E-state index is 12.3. The standard InChI is InChI=1S/C22H23N5O2/c1-25(11-12-26(2)22(28)27-17-19(14-23)15-24-27)16-18-7-6-10-21(13-18)29-20-8-4-3-5-9-20/h3-10,13,15,17H,11-12,16H2,1-2H3. The Morgan fingerprint density at radius 3 is 2.59 bits per heavy atom. The first-order valence-electron chi connectivity index (χ1n) is 9.26. The number of para-hydroxylation sites is 1. The first-order valence-corrected chi connectivity index (χ1v) is 9.26. The predicted molar refractivity (Wildman–Crippen MR) is 110 cm³/mol. The van der Waals surface area contributed by atoms with Crippen LogP contribution in [-0.4, -0.2) is 52.8 Å². The topological polar surface area (TPSA) is 74.4 Å². The van der Waals surface area contributed by atoms with E-state index in [9.17, 15) is 4.79 Å². The third-order valence-corrected chi connectivity index (χ3v) is 4.38. The second-order valence-corrected chi connectivity index (χ2v) is 6.79. The van der Waals surface area contributed by atoms with Crippen LogP contribution in [0.5, 0.6) is 11.5 Å². The molecule has 0 saturated heterocycles. The first-order chi connectivity index (χ1) is 14.0. The Bertz CT molecular complexity index is 994. The zero-order chi connectivity index (χ0) is 20.6. The highest BCUT2D eigenvalue weighted by atomic mass is 16.5. The van der Waals surface area contributed by atoms with E-state index >= 15 is 0 Å². The Hall–Kier alpha value is -3.63. The molecule has 0 bridgehead atoms. The number of carbonyl (C=O) groups is 1. The van der Waals surface area contributed by atoms with Crippen molar-refractivity contribution >= 4 is 6.03 Å². The number of rotatable bonds is 7. The summed E-state index contributed by atoms with van der Waals surface area (Å²) in [5.41, 5.74) is 1.49. The summed E-state index contributed by atoms with van der Waals surface area (Å²) in [6.45, 7) is 1.96. The van der Waals surface area contributed by atoms with Gasteiger partial charge in [-0.25, -0.2) is 4.79 Å². The summed E-state index contributed by atoms with van der Waals surface area (Å²) in [7, 11) is 3.73. The van der Waals surface area contributed by atoms with Gasteiger partial charge in [-0.2, -0.15) is 15.0 Å². The molecule has 0 aliphatic carbocycles. The van der Waals surface area contributed by atoms with Crippen molar-refractivity contribution < 1.29 is 9.53 Å². The largest absolute Gasteiger partial charge is 0.457 e. The molecule has 0 atom stereocenters. The predicted octanol–water partition coefficient (Wildman–Crippen LogP) is 3.58. The smallest absolute Gasteiger partial charge is 0.344 e. The van der Waals surface area contributed by atoms with Gasteiger partial charge in [0.25, 0.3) is 0 Å². The van der Waals surface area contributed by atoms with Crippen LogP contribution in [0.3, 0.4) is 0 Å². The third kappa shape index (κ3) is 5.67. The molecule has 0 spiro atoms. The SMILES string of the molecule is CN(CCN(C)C(=O)n1cc(C#N)cn1)Cc1cccc(Oc2ccccc2)c1. The summed E-state index contributed by atoms with van der Waals surface area (Å²) in [4.78, 5) is 16.1. The third-order valence-electron chi connectivity index (χ3n) is 4.38. The summed E-state index contributed by atoms with van der Waals surface area (Å²) in [6, 6.07) is 19.4. The Balaban J connectivity index is 1.51. The van der Waals surface area contributed by atoms with Crippen molar-refractivity contribution in [3.8, 4) is 17.6 Å².